The summed E-state index contributed by atoms with van der Waals surface area (Å²) >= 11 is 5.68. The van der Waals surface area contributed by atoms with Gasteiger partial charge in [-0.3, -0.25) is 4.21 Å². The van der Waals surface area contributed by atoms with Crippen molar-refractivity contribution in [2.45, 2.75) is 10.6 Å². The van der Waals surface area contributed by atoms with E-state index < -0.39 is 16.6 Å². The fourth-order valence-corrected chi connectivity index (χ4v) is 3.13. The lowest BCUT2D eigenvalue weighted by atomic mass is 10.1. The van der Waals surface area contributed by atoms with Crippen LogP contribution in [0.1, 0.15) is 11.1 Å². The van der Waals surface area contributed by atoms with Crippen molar-refractivity contribution < 1.29 is 13.3 Å². The van der Waals surface area contributed by atoms with Crippen LogP contribution in [0.4, 0.5) is 4.39 Å². The molecule has 108 valence electrons. The largest absolute Gasteiger partial charge is 0.495 e. The molecule has 2 rings (SSSR count). The molecule has 0 heterocycles. The molecule has 1 atom stereocenters. The second-order valence-electron chi connectivity index (χ2n) is 4.21. The number of hydrogen-bond acceptors (Lipinski definition) is 3. The minimum Gasteiger partial charge on any atom is -0.495 e. The number of rotatable bonds is 4. The van der Waals surface area contributed by atoms with E-state index in [2.05, 4.69) is 0 Å². The lowest BCUT2D eigenvalue weighted by Crippen LogP contribution is -1.98. The van der Waals surface area contributed by atoms with Gasteiger partial charge in [0, 0.05) is 4.90 Å². The van der Waals surface area contributed by atoms with E-state index in [1.807, 2.05) is 6.07 Å². The van der Waals surface area contributed by atoms with Crippen LogP contribution in [0.3, 0.4) is 0 Å². The van der Waals surface area contributed by atoms with Gasteiger partial charge in [0.15, 0.2) is 0 Å². The molecule has 6 heteroatoms. The zero-order valence-corrected chi connectivity index (χ0v) is 12.7. The van der Waals surface area contributed by atoms with Crippen molar-refractivity contribution >= 4 is 22.4 Å². The second-order valence-corrected chi connectivity index (χ2v) is 6.07. The maximum atomic E-state index is 13.1. The fourth-order valence-electron chi connectivity index (χ4n) is 1.77. The molecule has 3 nitrogen and oxygen atoms in total. The number of nitrogens with zero attached hydrogens (tertiary/aromatic N) is 1. The van der Waals surface area contributed by atoms with Gasteiger partial charge in [-0.05, 0) is 35.9 Å². The highest BCUT2D eigenvalue weighted by atomic mass is 35.5. The highest BCUT2D eigenvalue weighted by Crippen LogP contribution is 2.23. The van der Waals surface area contributed by atoms with Crippen molar-refractivity contribution in [3.63, 3.8) is 0 Å². The van der Waals surface area contributed by atoms with Gasteiger partial charge in [-0.1, -0.05) is 17.7 Å². The average Bonchev–Trinajstić information content (AvgIpc) is 2.49. The van der Waals surface area contributed by atoms with Gasteiger partial charge >= 0.3 is 0 Å². The zero-order valence-electron chi connectivity index (χ0n) is 11.1. The molecule has 0 aliphatic rings. The van der Waals surface area contributed by atoms with Crippen LogP contribution < -0.4 is 4.74 Å². The maximum Gasteiger partial charge on any atom is 0.141 e. The quantitative estimate of drug-likeness (QED) is 0.862. The van der Waals surface area contributed by atoms with E-state index in [1.54, 1.807) is 18.2 Å². The number of nitriles is 1. The molecular formula is C15H11ClFNO2S. The van der Waals surface area contributed by atoms with Crippen LogP contribution in [0.2, 0.25) is 5.02 Å². The van der Waals surface area contributed by atoms with Crippen LogP contribution in [0.15, 0.2) is 41.3 Å². The van der Waals surface area contributed by atoms with E-state index in [-0.39, 0.29) is 10.8 Å². The molecule has 0 radical (unpaired) electrons. The maximum absolute atomic E-state index is 13.1. The highest BCUT2D eigenvalue weighted by molar-refractivity contribution is 7.84. The highest BCUT2D eigenvalue weighted by Gasteiger charge is 2.10. The number of ether oxygens (including phenoxy) is 1. The summed E-state index contributed by atoms with van der Waals surface area (Å²) in [6.45, 7) is 0. The minimum atomic E-state index is -1.36. The summed E-state index contributed by atoms with van der Waals surface area (Å²) in [5, 5.41) is 8.86. The normalized spacial score (nSPS) is 11.7. The summed E-state index contributed by atoms with van der Waals surface area (Å²) in [5.74, 6) is 0.117. The Morgan fingerprint density at radius 2 is 2.10 bits per heavy atom. The number of benzene rings is 2. The smallest absolute Gasteiger partial charge is 0.141 e. The summed E-state index contributed by atoms with van der Waals surface area (Å²) in [6.07, 6.45) is 0. The molecule has 2 aromatic carbocycles. The van der Waals surface area contributed by atoms with Gasteiger partial charge in [-0.15, -0.1) is 0 Å². The molecule has 0 aliphatic heterocycles. The van der Waals surface area contributed by atoms with Crippen molar-refractivity contribution in [2.24, 2.45) is 0 Å². The first-order valence-corrected chi connectivity index (χ1v) is 7.65. The molecule has 0 saturated carbocycles. The van der Waals surface area contributed by atoms with Gasteiger partial charge in [-0.25, -0.2) is 4.39 Å². The Labute approximate surface area is 129 Å². The molecule has 0 spiro atoms. The first-order chi connectivity index (χ1) is 10.0. The van der Waals surface area contributed by atoms with Crippen molar-refractivity contribution in [3.8, 4) is 11.8 Å². The summed E-state index contributed by atoms with van der Waals surface area (Å²) < 4.78 is 30.5. The SMILES string of the molecule is COc1cc(CS(=O)c2ccc(F)c(Cl)c2)ccc1C#N. The predicted molar refractivity (Wildman–Crippen MR) is 79.2 cm³/mol. The van der Waals surface area contributed by atoms with E-state index in [4.69, 9.17) is 21.6 Å². The molecule has 0 aliphatic carbocycles. The average molecular weight is 324 g/mol. The van der Waals surface area contributed by atoms with Crippen LogP contribution in [-0.4, -0.2) is 11.3 Å². The predicted octanol–water partition coefficient (Wildman–Crippen LogP) is 3.67. The Bertz CT molecular complexity index is 743. The van der Waals surface area contributed by atoms with Crippen molar-refractivity contribution in [1.29, 1.82) is 5.26 Å². The zero-order chi connectivity index (χ0) is 15.4. The van der Waals surface area contributed by atoms with E-state index in [0.717, 1.165) is 5.56 Å². The van der Waals surface area contributed by atoms with Crippen molar-refractivity contribution in [2.75, 3.05) is 7.11 Å². The van der Waals surface area contributed by atoms with Crippen LogP contribution in [0.25, 0.3) is 0 Å². The molecule has 2 aromatic rings. The van der Waals surface area contributed by atoms with Crippen LogP contribution in [0.5, 0.6) is 5.75 Å². The minimum absolute atomic E-state index is 0.0572. The van der Waals surface area contributed by atoms with E-state index >= 15 is 0 Å². The summed E-state index contributed by atoms with van der Waals surface area (Å²) in [4.78, 5) is 0.449. The Balaban J connectivity index is 2.23. The van der Waals surface area contributed by atoms with Crippen LogP contribution >= 0.6 is 11.6 Å². The fraction of sp³-hybridized carbons (Fsp3) is 0.133. The number of halogens is 2. The van der Waals surface area contributed by atoms with Gasteiger partial charge < -0.3 is 4.74 Å². The summed E-state index contributed by atoms with van der Waals surface area (Å²) in [7, 11) is 0.108. The first-order valence-electron chi connectivity index (χ1n) is 5.95. The van der Waals surface area contributed by atoms with Crippen molar-refractivity contribution in [3.05, 3.63) is 58.4 Å². The molecule has 0 amide bonds. The monoisotopic (exact) mass is 323 g/mol. The Kier molecular flexibility index (Phi) is 4.94. The van der Waals surface area contributed by atoms with Crippen LogP contribution in [-0.2, 0) is 16.6 Å². The molecule has 1 unspecified atom stereocenters. The molecule has 0 saturated heterocycles. The lowest BCUT2D eigenvalue weighted by molar-refractivity contribution is 0.413. The molecule has 0 N–H and O–H groups in total. The third-order valence-corrected chi connectivity index (χ3v) is 4.50. The Hall–Kier alpha value is -1.90. The molecule has 0 bridgehead atoms. The lowest BCUT2D eigenvalue weighted by Gasteiger charge is -2.07. The van der Waals surface area contributed by atoms with Crippen molar-refractivity contribution in [1.82, 2.24) is 0 Å². The molecule has 21 heavy (non-hydrogen) atoms. The summed E-state index contributed by atoms with van der Waals surface area (Å²) in [5.41, 5.74) is 1.17. The van der Waals surface area contributed by atoms with Crippen LogP contribution in [0, 0.1) is 17.1 Å². The molecule has 0 fully saturated rings. The van der Waals surface area contributed by atoms with Gasteiger partial charge in [0.25, 0.3) is 0 Å². The van der Waals surface area contributed by atoms with E-state index in [0.29, 0.717) is 16.2 Å². The third-order valence-electron chi connectivity index (χ3n) is 2.84. The van der Waals surface area contributed by atoms with Gasteiger partial charge in [-0.2, -0.15) is 5.26 Å². The number of methoxy groups -OCH3 is 1. The Morgan fingerprint density at radius 3 is 2.71 bits per heavy atom. The third kappa shape index (κ3) is 3.60. The Morgan fingerprint density at radius 1 is 1.33 bits per heavy atom. The van der Waals surface area contributed by atoms with Gasteiger partial charge in [0.2, 0.25) is 0 Å². The molecular weight excluding hydrogens is 313 g/mol. The van der Waals surface area contributed by atoms with E-state index in [9.17, 15) is 8.60 Å². The first kappa shape index (κ1) is 15.5. The number of hydrogen-bond donors (Lipinski definition) is 0. The topological polar surface area (TPSA) is 50.1 Å². The summed E-state index contributed by atoms with van der Waals surface area (Å²) in [6, 6.07) is 11.0. The second kappa shape index (κ2) is 6.70. The van der Waals surface area contributed by atoms with Gasteiger partial charge in [0.1, 0.15) is 17.6 Å². The van der Waals surface area contributed by atoms with E-state index in [1.165, 1.54) is 25.3 Å². The molecule has 0 aromatic heterocycles. The standard InChI is InChI=1S/C15H11ClFNO2S/c1-20-15-6-10(2-3-11(15)8-18)9-21(19)12-4-5-14(17)13(16)7-12/h2-7H,9H2,1H3. The van der Waals surface area contributed by atoms with Gasteiger partial charge in [0.05, 0.1) is 34.2 Å².